The molecule has 0 radical (unpaired) electrons. The Hall–Kier alpha value is -3.35. The summed E-state index contributed by atoms with van der Waals surface area (Å²) in [4.78, 5) is 36.8. The van der Waals surface area contributed by atoms with Gasteiger partial charge in [0, 0.05) is 12.1 Å². The molecule has 0 bridgehead atoms. The van der Waals surface area contributed by atoms with Gasteiger partial charge in [0.1, 0.15) is 11.8 Å². The van der Waals surface area contributed by atoms with Crippen LogP contribution in [0.1, 0.15) is 22.3 Å². The Bertz CT molecular complexity index is 850. The summed E-state index contributed by atoms with van der Waals surface area (Å²) >= 11 is 0. The first-order valence-corrected chi connectivity index (χ1v) is 8.18. The molecular weight excluding hydrogens is 334 g/mol. The van der Waals surface area contributed by atoms with E-state index in [1.54, 1.807) is 37.4 Å². The molecule has 0 saturated heterocycles. The molecule has 0 fully saturated rings. The zero-order valence-electron chi connectivity index (χ0n) is 14.2. The van der Waals surface area contributed by atoms with Crippen LogP contribution in [0.15, 0.2) is 48.5 Å². The Kier molecular flexibility index (Phi) is 5.17. The summed E-state index contributed by atoms with van der Waals surface area (Å²) in [5.41, 5.74) is 1.63. The first-order valence-electron chi connectivity index (χ1n) is 8.18. The van der Waals surface area contributed by atoms with Crippen molar-refractivity contribution >= 4 is 23.4 Å². The molecule has 0 aromatic heterocycles. The number of hydrogen-bond acceptors (Lipinski definition) is 4. The smallest absolute Gasteiger partial charge is 0.254 e. The van der Waals surface area contributed by atoms with Crippen molar-refractivity contribution in [3.05, 3.63) is 59.7 Å². The number of methoxy groups -OCH3 is 1. The topological polar surface area (TPSA) is 96.5 Å². The molecule has 26 heavy (non-hydrogen) atoms. The molecule has 3 N–H and O–H groups in total. The number of carbonyl (C=O) groups excluding carboxylic acids is 3. The fourth-order valence-electron chi connectivity index (χ4n) is 2.76. The van der Waals surface area contributed by atoms with Crippen molar-refractivity contribution in [3.63, 3.8) is 0 Å². The van der Waals surface area contributed by atoms with E-state index in [-0.39, 0.29) is 24.8 Å². The van der Waals surface area contributed by atoms with Gasteiger partial charge in [0.05, 0.1) is 24.8 Å². The van der Waals surface area contributed by atoms with Crippen molar-refractivity contribution in [1.29, 1.82) is 0 Å². The molecule has 1 atom stereocenters. The van der Waals surface area contributed by atoms with Gasteiger partial charge >= 0.3 is 0 Å². The number of nitrogens with one attached hydrogen (secondary N) is 3. The van der Waals surface area contributed by atoms with E-state index in [1.807, 2.05) is 18.2 Å². The third kappa shape index (κ3) is 3.83. The SMILES string of the molecule is COc1ccccc1CNC(=O)CC1NC(=O)c2ccccc2NC1=O. The van der Waals surface area contributed by atoms with Gasteiger partial charge in [0.2, 0.25) is 11.8 Å². The van der Waals surface area contributed by atoms with Gasteiger partial charge in [-0.1, -0.05) is 30.3 Å². The minimum absolute atomic E-state index is 0.152. The normalized spacial score (nSPS) is 16.0. The van der Waals surface area contributed by atoms with Crippen LogP contribution in [0.2, 0.25) is 0 Å². The lowest BCUT2D eigenvalue weighted by molar-refractivity contribution is -0.125. The van der Waals surface area contributed by atoms with Gasteiger partial charge in [0.15, 0.2) is 0 Å². The van der Waals surface area contributed by atoms with Gasteiger partial charge in [-0.25, -0.2) is 0 Å². The molecule has 2 aromatic carbocycles. The maximum Gasteiger partial charge on any atom is 0.254 e. The van der Waals surface area contributed by atoms with Crippen LogP contribution >= 0.6 is 0 Å². The second kappa shape index (κ2) is 7.69. The van der Waals surface area contributed by atoms with Crippen LogP contribution in [-0.4, -0.2) is 30.9 Å². The molecule has 1 heterocycles. The molecule has 7 nitrogen and oxygen atoms in total. The van der Waals surface area contributed by atoms with E-state index in [4.69, 9.17) is 4.74 Å². The highest BCUT2D eigenvalue weighted by Crippen LogP contribution is 2.19. The summed E-state index contributed by atoms with van der Waals surface area (Å²) in [6.07, 6.45) is -0.152. The van der Waals surface area contributed by atoms with Gasteiger partial charge in [-0.05, 0) is 18.2 Å². The lowest BCUT2D eigenvalue weighted by Crippen LogP contribution is -2.44. The summed E-state index contributed by atoms with van der Waals surface area (Å²) in [6, 6.07) is 13.1. The number of fused-ring (bicyclic) bond motifs is 1. The monoisotopic (exact) mass is 353 g/mol. The Balaban J connectivity index is 1.63. The van der Waals surface area contributed by atoms with Gasteiger partial charge in [-0.2, -0.15) is 0 Å². The van der Waals surface area contributed by atoms with E-state index in [2.05, 4.69) is 16.0 Å². The predicted molar refractivity (Wildman–Crippen MR) is 95.8 cm³/mol. The molecule has 1 unspecified atom stereocenters. The highest BCUT2D eigenvalue weighted by molar-refractivity contribution is 6.10. The zero-order valence-corrected chi connectivity index (χ0v) is 14.2. The quantitative estimate of drug-likeness (QED) is 0.758. The average Bonchev–Trinajstić information content (AvgIpc) is 2.77. The summed E-state index contributed by atoms with van der Waals surface area (Å²) < 4.78 is 5.24. The first kappa shape index (κ1) is 17.5. The number of rotatable bonds is 5. The highest BCUT2D eigenvalue weighted by atomic mass is 16.5. The van der Waals surface area contributed by atoms with E-state index < -0.39 is 11.9 Å². The summed E-state index contributed by atoms with van der Waals surface area (Å²) in [5, 5.41) is 8.03. The van der Waals surface area contributed by atoms with E-state index >= 15 is 0 Å². The Labute approximate surface area is 150 Å². The highest BCUT2D eigenvalue weighted by Gasteiger charge is 2.29. The number of para-hydroxylation sites is 2. The minimum Gasteiger partial charge on any atom is -0.496 e. The van der Waals surface area contributed by atoms with Crippen LogP contribution in [-0.2, 0) is 16.1 Å². The van der Waals surface area contributed by atoms with Gasteiger partial charge < -0.3 is 20.7 Å². The van der Waals surface area contributed by atoms with Crippen molar-refractivity contribution < 1.29 is 19.1 Å². The van der Waals surface area contributed by atoms with Gasteiger partial charge in [0.25, 0.3) is 5.91 Å². The zero-order chi connectivity index (χ0) is 18.5. The van der Waals surface area contributed by atoms with Crippen molar-refractivity contribution in [1.82, 2.24) is 10.6 Å². The van der Waals surface area contributed by atoms with Crippen LogP contribution in [0.25, 0.3) is 0 Å². The maximum absolute atomic E-state index is 12.3. The molecule has 1 aliphatic rings. The third-order valence-electron chi connectivity index (χ3n) is 4.11. The van der Waals surface area contributed by atoms with Crippen molar-refractivity contribution in [2.24, 2.45) is 0 Å². The number of amides is 3. The molecule has 2 aromatic rings. The first-order chi connectivity index (χ1) is 12.6. The molecular formula is C19H19N3O4. The van der Waals surface area contributed by atoms with Crippen molar-refractivity contribution in [3.8, 4) is 5.75 Å². The fourth-order valence-corrected chi connectivity index (χ4v) is 2.76. The molecule has 134 valence electrons. The predicted octanol–water partition coefficient (Wildman–Crippen LogP) is 1.45. The van der Waals surface area contributed by atoms with Crippen LogP contribution < -0.4 is 20.7 Å². The number of benzene rings is 2. The minimum atomic E-state index is -0.937. The van der Waals surface area contributed by atoms with Crippen LogP contribution in [0.3, 0.4) is 0 Å². The number of ether oxygens (including phenoxy) is 1. The standard InChI is InChI=1S/C19H19N3O4/c1-26-16-9-5-2-6-12(16)11-20-17(23)10-15-19(25)21-14-8-4-3-7-13(14)18(24)22-15/h2-9,15H,10-11H2,1H3,(H,20,23)(H,21,25)(H,22,24). The number of anilines is 1. The second-order valence-electron chi connectivity index (χ2n) is 5.85. The summed E-state index contributed by atoms with van der Waals surface area (Å²) in [5.74, 6) is -0.483. The number of hydrogen-bond donors (Lipinski definition) is 3. The maximum atomic E-state index is 12.3. The fraction of sp³-hybridized carbons (Fsp3) is 0.211. The molecule has 0 aliphatic carbocycles. The Morgan fingerprint density at radius 1 is 1.12 bits per heavy atom. The summed E-state index contributed by atoms with van der Waals surface area (Å²) in [7, 11) is 1.56. The van der Waals surface area contributed by atoms with Crippen molar-refractivity contribution in [2.45, 2.75) is 19.0 Å². The van der Waals surface area contributed by atoms with Crippen LogP contribution in [0, 0.1) is 0 Å². The second-order valence-corrected chi connectivity index (χ2v) is 5.85. The lowest BCUT2D eigenvalue weighted by atomic mass is 10.1. The molecule has 7 heteroatoms. The van der Waals surface area contributed by atoms with Crippen LogP contribution in [0.5, 0.6) is 5.75 Å². The average molecular weight is 353 g/mol. The Morgan fingerprint density at radius 2 is 1.85 bits per heavy atom. The van der Waals surface area contributed by atoms with Gasteiger partial charge in [-0.3, -0.25) is 14.4 Å². The van der Waals surface area contributed by atoms with E-state index in [1.165, 1.54) is 0 Å². The van der Waals surface area contributed by atoms with E-state index in [0.29, 0.717) is 17.0 Å². The molecule has 0 saturated carbocycles. The van der Waals surface area contributed by atoms with Gasteiger partial charge in [-0.15, -0.1) is 0 Å². The third-order valence-corrected chi connectivity index (χ3v) is 4.11. The molecule has 1 aliphatic heterocycles. The lowest BCUT2D eigenvalue weighted by Gasteiger charge is -2.15. The number of carbonyl (C=O) groups is 3. The molecule has 0 spiro atoms. The van der Waals surface area contributed by atoms with E-state index in [9.17, 15) is 14.4 Å². The van der Waals surface area contributed by atoms with Crippen LogP contribution in [0.4, 0.5) is 5.69 Å². The molecule has 3 amide bonds. The Morgan fingerprint density at radius 3 is 2.65 bits per heavy atom. The van der Waals surface area contributed by atoms with Crippen molar-refractivity contribution in [2.75, 3.05) is 12.4 Å². The summed E-state index contributed by atoms with van der Waals surface area (Å²) in [6.45, 7) is 0.269. The molecule has 3 rings (SSSR count). The largest absolute Gasteiger partial charge is 0.496 e. The van der Waals surface area contributed by atoms with E-state index in [0.717, 1.165) is 5.56 Å².